The molecule has 1 aliphatic rings. The first-order chi connectivity index (χ1) is 16.6. The zero-order chi connectivity index (χ0) is 25.6. The number of nitrogens with one attached hydrogen (secondary N) is 1. The third-order valence-electron chi connectivity index (χ3n) is 6.06. The SMILES string of the molecule is C=CCc1ccc(O)c(-c2cc(CC=C)cc(CN3CCC(NC(=O)OC(C)(C)C)CC3)c2O)c1. The number of likely N-dealkylation sites (tertiary alicyclic amines) is 1. The number of aromatic hydroxyl groups is 2. The molecule has 0 bridgehead atoms. The molecule has 0 aliphatic carbocycles. The van der Waals surface area contributed by atoms with Crippen molar-refractivity contribution in [3.63, 3.8) is 0 Å². The van der Waals surface area contributed by atoms with Crippen LogP contribution in [-0.2, 0) is 24.1 Å². The van der Waals surface area contributed by atoms with Gasteiger partial charge in [0.15, 0.2) is 0 Å². The van der Waals surface area contributed by atoms with E-state index < -0.39 is 5.60 Å². The van der Waals surface area contributed by atoms with E-state index in [4.69, 9.17) is 4.74 Å². The number of benzene rings is 2. The number of phenolic OH excluding ortho intramolecular Hbond substituents is 2. The quantitative estimate of drug-likeness (QED) is 0.423. The van der Waals surface area contributed by atoms with Gasteiger partial charge in [-0.25, -0.2) is 4.79 Å². The maximum absolute atomic E-state index is 12.1. The zero-order valence-corrected chi connectivity index (χ0v) is 21.1. The van der Waals surface area contributed by atoms with Gasteiger partial charge in [-0.15, -0.1) is 13.2 Å². The molecule has 6 heteroatoms. The van der Waals surface area contributed by atoms with E-state index in [2.05, 4.69) is 23.4 Å². The Labute approximate surface area is 208 Å². The highest BCUT2D eigenvalue weighted by atomic mass is 16.6. The van der Waals surface area contributed by atoms with Crippen LogP contribution in [0.1, 0.15) is 50.3 Å². The number of amides is 1. The van der Waals surface area contributed by atoms with E-state index in [-0.39, 0.29) is 23.6 Å². The Morgan fingerprint density at radius 2 is 1.69 bits per heavy atom. The van der Waals surface area contributed by atoms with E-state index in [9.17, 15) is 15.0 Å². The average Bonchev–Trinajstić information content (AvgIpc) is 2.77. The summed E-state index contributed by atoms with van der Waals surface area (Å²) < 4.78 is 5.37. The number of hydrogen-bond donors (Lipinski definition) is 3. The molecular formula is C29H38N2O4. The molecule has 188 valence electrons. The van der Waals surface area contributed by atoms with E-state index in [1.165, 1.54) is 0 Å². The van der Waals surface area contributed by atoms with E-state index >= 15 is 0 Å². The number of nitrogens with zero attached hydrogens (tertiary/aromatic N) is 1. The molecule has 1 fully saturated rings. The van der Waals surface area contributed by atoms with Crippen molar-refractivity contribution in [2.45, 2.75) is 64.6 Å². The number of allylic oxidation sites excluding steroid dienone is 2. The number of rotatable bonds is 8. The first-order valence-electron chi connectivity index (χ1n) is 12.2. The molecule has 0 radical (unpaired) electrons. The Balaban J connectivity index is 1.77. The second kappa shape index (κ2) is 11.5. The van der Waals surface area contributed by atoms with Crippen molar-refractivity contribution in [3.8, 4) is 22.6 Å². The Kier molecular flexibility index (Phi) is 8.62. The van der Waals surface area contributed by atoms with Crippen LogP contribution in [0.4, 0.5) is 4.79 Å². The summed E-state index contributed by atoms with van der Waals surface area (Å²) in [6.45, 7) is 15.4. The van der Waals surface area contributed by atoms with E-state index in [0.29, 0.717) is 30.5 Å². The zero-order valence-electron chi connectivity index (χ0n) is 21.1. The van der Waals surface area contributed by atoms with E-state index in [1.807, 2.05) is 57.2 Å². The van der Waals surface area contributed by atoms with Crippen LogP contribution >= 0.6 is 0 Å². The molecule has 3 rings (SSSR count). The van der Waals surface area contributed by atoms with Gasteiger partial charge < -0.3 is 20.3 Å². The van der Waals surface area contributed by atoms with Gasteiger partial charge in [0, 0.05) is 42.4 Å². The van der Waals surface area contributed by atoms with Crippen molar-refractivity contribution >= 4 is 6.09 Å². The minimum atomic E-state index is -0.518. The molecular weight excluding hydrogens is 440 g/mol. The fraction of sp³-hybridized carbons (Fsp3) is 0.414. The Morgan fingerprint density at radius 3 is 2.31 bits per heavy atom. The third kappa shape index (κ3) is 7.36. The number of carbonyl (C=O) groups is 1. The van der Waals surface area contributed by atoms with Gasteiger partial charge in [0.1, 0.15) is 17.1 Å². The topological polar surface area (TPSA) is 82.0 Å². The minimum Gasteiger partial charge on any atom is -0.507 e. The summed E-state index contributed by atoms with van der Waals surface area (Å²) in [5.74, 6) is 0.307. The van der Waals surface area contributed by atoms with Gasteiger partial charge in [-0.05, 0) is 75.8 Å². The van der Waals surface area contributed by atoms with Gasteiger partial charge in [-0.2, -0.15) is 0 Å². The smallest absolute Gasteiger partial charge is 0.407 e. The monoisotopic (exact) mass is 478 g/mol. The number of ether oxygens (including phenoxy) is 1. The summed E-state index contributed by atoms with van der Waals surface area (Å²) in [6, 6.07) is 9.43. The maximum atomic E-state index is 12.1. The molecule has 1 aliphatic heterocycles. The molecule has 0 aromatic heterocycles. The fourth-order valence-electron chi connectivity index (χ4n) is 4.41. The first kappa shape index (κ1) is 26.4. The number of carbonyl (C=O) groups excluding carboxylic acids is 1. The summed E-state index contributed by atoms with van der Waals surface area (Å²) in [5, 5.41) is 24.8. The Hall–Kier alpha value is -3.25. The standard InChI is InChI=1S/C29H38N2O4/c1-6-8-20-10-11-26(32)24(17-20)25-18-21(9-7-2)16-22(27(25)33)19-31-14-12-23(13-15-31)30-28(34)35-29(3,4)5/h6-7,10-11,16-18,23,32-33H,1-2,8-9,12-15,19H2,3-5H3,(H,30,34). The van der Waals surface area contributed by atoms with Crippen LogP contribution in [0.15, 0.2) is 55.6 Å². The lowest BCUT2D eigenvalue weighted by molar-refractivity contribution is 0.0477. The van der Waals surface area contributed by atoms with Gasteiger partial charge in [-0.1, -0.05) is 24.3 Å². The van der Waals surface area contributed by atoms with Crippen LogP contribution in [0.5, 0.6) is 11.5 Å². The molecule has 0 atom stereocenters. The summed E-state index contributed by atoms with van der Waals surface area (Å²) in [7, 11) is 0. The van der Waals surface area contributed by atoms with Crippen LogP contribution in [0.25, 0.3) is 11.1 Å². The molecule has 2 aromatic rings. The van der Waals surface area contributed by atoms with Crippen LogP contribution in [0.2, 0.25) is 0 Å². The van der Waals surface area contributed by atoms with Crippen LogP contribution in [-0.4, -0.2) is 45.9 Å². The number of phenols is 2. The number of alkyl carbamates (subject to hydrolysis) is 1. The van der Waals surface area contributed by atoms with Gasteiger partial charge in [0.2, 0.25) is 0 Å². The Bertz CT molecular complexity index is 1060. The predicted molar refractivity (Wildman–Crippen MR) is 141 cm³/mol. The predicted octanol–water partition coefficient (Wildman–Crippen LogP) is 5.71. The maximum Gasteiger partial charge on any atom is 0.407 e. The molecule has 0 saturated carbocycles. The number of piperidine rings is 1. The summed E-state index contributed by atoms with van der Waals surface area (Å²) in [6.07, 6.45) is 6.23. The third-order valence-corrected chi connectivity index (χ3v) is 6.06. The van der Waals surface area contributed by atoms with Crippen molar-refractivity contribution in [1.82, 2.24) is 10.2 Å². The van der Waals surface area contributed by atoms with Crippen molar-refractivity contribution in [2.24, 2.45) is 0 Å². The lowest BCUT2D eigenvalue weighted by Crippen LogP contribution is -2.45. The van der Waals surface area contributed by atoms with Gasteiger partial charge >= 0.3 is 6.09 Å². The van der Waals surface area contributed by atoms with Crippen molar-refractivity contribution in [3.05, 3.63) is 72.3 Å². The molecule has 0 spiro atoms. The molecule has 0 unspecified atom stereocenters. The molecule has 6 nitrogen and oxygen atoms in total. The van der Waals surface area contributed by atoms with Crippen molar-refractivity contribution < 1.29 is 19.7 Å². The second-order valence-electron chi connectivity index (χ2n) is 10.2. The highest BCUT2D eigenvalue weighted by molar-refractivity contribution is 5.78. The van der Waals surface area contributed by atoms with Crippen LogP contribution in [0, 0.1) is 0 Å². The highest BCUT2D eigenvalue weighted by Crippen LogP contribution is 2.39. The number of hydrogen-bond acceptors (Lipinski definition) is 5. The first-order valence-corrected chi connectivity index (χ1v) is 12.2. The Morgan fingerprint density at radius 1 is 1.06 bits per heavy atom. The second-order valence-corrected chi connectivity index (χ2v) is 10.2. The van der Waals surface area contributed by atoms with Crippen molar-refractivity contribution in [2.75, 3.05) is 13.1 Å². The molecule has 1 heterocycles. The summed E-state index contributed by atoms with van der Waals surface area (Å²) >= 11 is 0. The minimum absolute atomic E-state index is 0.0712. The summed E-state index contributed by atoms with van der Waals surface area (Å²) in [4.78, 5) is 14.4. The average molecular weight is 479 g/mol. The fourth-order valence-corrected chi connectivity index (χ4v) is 4.41. The lowest BCUT2D eigenvalue weighted by Gasteiger charge is -2.33. The highest BCUT2D eigenvalue weighted by Gasteiger charge is 2.25. The molecule has 2 aromatic carbocycles. The lowest BCUT2D eigenvalue weighted by atomic mass is 9.94. The molecule has 3 N–H and O–H groups in total. The molecule has 35 heavy (non-hydrogen) atoms. The van der Waals surface area contributed by atoms with Gasteiger partial charge in [-0.3, -0.25) is 4.90 Å². The van der Waals surface area contributed by atoms with Crippen LogP contribution < -0.4 is 5.32 Å². The normalized spacial score (nSPS) is 14.9. The van der Waals surface area contributed by atoms with Gasteiger partial charge in [0.25, 0.3) is 0 Å². The van der Waals surface area contributed by atoms with Crippen LogP contribution in [0.3, 0.4) is 0 Å². The molecule has 1 amide bonds. The van der Waals surface area contributed by atoms with Gasteiger partial charge in [0.05, 0.1) is 0 Å². The van der Waals surface area contributed by atoms with E-state index in [1.54, 1.807) is 6.07 Å². The molecule has 1 saturated heterocycles. The van der Waals surface area contributed by atoms with Crippen molar-refractivity contribution in [1.29, 1.82) is 0 Å². The van der Waals surface area contributed by atoms with E-state index in [0.717, 1.165) is 42.6 Å². The largest absolute Gasteiger partial charge is 0.507 e. The summed E-state index contributed by atoms with van der Waals surface area (Å²) in [5.41, 5.74) is 3.56.